The summed E-state index contributed by atoms with van der Waals surface area (Å²) in [6.07, 6.45) is 0.846. The Kier molecular flexibility index (Phi) is 3.13. The molecule has 0 amide bonds. The summed E-state index contributed by atoms with van der Waals surface area (Å²) >= 11 is 0. The first-order valence-electron chi connectivity index (χ1n) is 4.83. The summed E-state index contributed by atoms with van der Waals surface area (Å²) in [5.74, 6) is 1.36. The van der Waals surface area contributed by atoms with Gasteiger partial charge in [-0.2, -0.15) is 0 Å². The predicted molar refractivity (Wildman–Crippen MR) is 57.0 cm³/mol. The molecular formula is C10H18N2O2. The molecule has 0 aromatic carbocycles. The molecule has 80 valence electrons. The SMILES string of the molecule is CC[C@@]1(C)N=C(OC)[C@H](C)N=C1OC. The zero-order chi connectivity index (χ0) is 10.8. The third-order valence-corrected chi connectivity index (χ3v) is 2.58. The average molecular weight is 198 g/mol. The number of nitrogens with zero attached hydrogens (tertiary/aromatic N) is 2. The Labute approximate surface area is 85.0 Å². The lowest BCUT2D eigenvalue weighted by Crippen LogP contribution is -2.41. The maximum atomic E-state index is 5.25. The van der Waals surface area contributed by atoms with Gasteiger partial charge in [-0.15, -0.1) is 0 Å². The first-order chi connectivity index (χ1) is 6.57. The minimum atomic E-state index is -0.368. The van der Waals surface area contributed by atoms with Crippen LogP contribution in [0.25, 0.3) is 0 Å². The Morgan fingerprint density at radius 2 is 2.00 bits per heavy atom. The standard InChI is InChI=1S/C10H18N2O2/c1-6-10(3)9(14-5)11-7(2)8(12-10)13-4/h7H,6H2,1-5H3/t7-,10+/m0/s1. The molecule has 4 nitrogen and oxygen atoms in total. The Hall–Kier alpha value is -1.06. The van der Waals surface area contributed by atoms with Crippen LogP contribution in [0.1, 0.15) is 27.2 Å². The maximum Gasteiger partial charge on any atom is 0.212 e. The van der Waals surface area contributed by atoms with E-state index in [1.165, 1.54) is 0 Å². The van der Waals surface area contributed by atoms with Gasteiger partial charge in [-0.25, -0.2) is 9.98 Å². The Morgan fingerprint density at radius 1 is 1.36 bits per heavy atom. The highest BCUT2D eigenvalue weighted by atomic mass is 16.5. The number of rotatable bonds is 1. The van der Waals surface area contributed by atoms with Gasteiger partial charge in [-0.1, -0.05) is 6.92 Å². The second-order valence-corrected chi connectivity index (χ2v) is 3.60. The summed E-state index contributed by atoms with van der Waals surface area (Å²) in [4.78, 5) is 8.94. The molecule has 1 aliphatic heterocycles. The van der Waals surface area contributed by atoms with Crippen LogP contribution in [-0.2, 0) is 9.47 Å². The van der Waals surface area contributed by atoms with Gasteiger partial charge >= 0.3 is 0 Å². The fourth-order valence-corrected chi connectivity index (χ4v) is 1.47. The van der Waals surface area contributed by atoms with E-state index >= 15 is 0 Å². The van der Waals surface area contributed by atoms with Crippen molar-refractivity contribution in [2.75, 3.05) is 14.2 Å². The molecule has 1 aliphatic rings. The summed E-state index contributed by atoms with van der Waals surface area (Å²) in [7, 11) is 3.26. The van der Waals surface area contributed by atoms with Crippen molar-refractivity contribution in [1.82, 2.24) is 0 Å². The number of hydrogen-bond acceptors (Lipinski definition) is 4. The minimum Gasteiger partial charge on any atom is -0.483 e. The molecule has 0 aromatic rings. The number of methoxy groups -OCH3 is 2. The van der Waals surface area contributed by atoms with Gasteiger partial charge in [0.2, 0.25) is 11.8 Å². The molecule has 0 N–H and O–H groups in total. The largest absolute Gasteiger partial charge is 0.483 e. The summed E-state index contributed by atoms with van der Waals surface area (Å²) in [6.45, 7) is 6.00. The van der Waals surface area contributed by atoms with E-state index in [0.29, 0.717) is 11.8 Å². The van der Waals surface area contributed by atoms with Crippen LogP contribution in [0.4, 0.5) is 0 Å². The van der Waals surface area contributed by atoms with Crippen LogP contribution in [0, 0.1) is 0 Å². The van der Waals surface area contributed by atoms with Gasteiger partial charge in [0, 0.05) is 0 Å². The molecule has 2 atom stereocenters. The van der Waals surface area contributed by atoms with Crippen molar-refractivity contribution in [2.45, 2.75) is 38.8 Å². The quantitative estimate of drug-likeness (QED) is 0.643. The highest BCUT2D eigenvalue weighted by molar-refractivity contribution is 5.96. The van der Waals surface area contributed by atoms with Gasteiger partial charge in [0.15, 0.2) is 0 Å². The zero-order valence-electron chi connectivity index (χ0n) is 9.50. The molecule has 1 heterocycles. The molecule has 0 aromatic heterocycles. The van der Waals surface area contributed by atoms with Crippen LogP contribution < -0.4 is 0 Å². The Balaban J connectivity index is 3.03. The summed E-state index contributed by atoms with van der Waals surface area (Å²) in [5, 5.41) is 0. The molecule has 4 heteroatoms. The van der Waals surface area contributed by atoms with Gasteiger partial charge in [0.25, 0.3) is 0 Å². The van der Waals surface area contributed by atoms with Gasteiger partial charge in [-0.05, 0) is 20.3 Å². The van der Waals surface area contributed by atoms with Crippen LogP contribution >= 0.6 is 0 Å². The minimum absolute atomic E-state index is 0.0467. The smallest absolute Gasteiger partial charge is 0.212 e. The summed E-state index contributed by atoms with van der Waals surface area (Å²) in [6, 6.07) is -0.0467. The Bertz CT molecular complexity index is 273. The van der Waals surface area contributed by atoms with E-state index in [-0.39, 0.29) is 11.6 Å². The molecular weight excluding hydrogens is 180 g/mol. The van der Waals surface area contributed by atoms with E-state index in [0.717, 1.165) is 6.42 Å². The lowest BCUT2D eigenvalue weighted by Gasteiger charge is -2.30. The highest BCUT2D eigenvalue weighted by Gasteiger charge is 2.35. The third-order valence-electron chi connectivity index (χ3n) is 2.58. The zero-order valence-corrected chi connectivity index (χ0v) is 9.50. The highest BCUT2D eigenvalue weighted by Crippen LogP contribution is 2.24. The van der Waals surface area contributed by atoms with Crippen LogP contribution in [0.5, 0.6) is 0 Å². The molecule has 0 spiro atoms. The molecule has 14 heavy (non-hydrogen) atoms. The van der Waals surface area contributed by atoms with Gasteiger partial charge in [-0.3, -0.25) is 0 Å². The van der Waals surface area contributed by atoms with Crippen LogP contribution in [0.2, 0.25) is 0 Å². The van der Waals surface area contributed by atoms with Crippen molar-refractivity contribution in [1.29, 1.82) is 0 Å². The van der Waals surface area contributed by atoms with Crippen molar-refractivity contribution in [3.05, 3.63) is 0 Å². The second-order valence-electron chi connectivity index (χ2n) is 3.60. The summed E-state index contributed by atoms with van der Waals surface area (Å²) < 4.78 is 10.4. The van der Waals surface area contributed by atoms with Crippen molar-refractivity contribution in [2.24, 2.45) is 9.98 Å². The van der Waals surface area contributed by atoms with E-state index in [2.05, 4.69) is 16.9 Å². The lowest BCUT2D eigenvalue weighted by molar-refractivity contribution is 0.321. The van der Waals surface area contributed by atoms with Gasteiger partial charge < -0.3 is 9.47 Å². The van der Waals surface area contributed by atoms with Crippen molar-refractivity contribution in [3.63, 3.8) is 0 Å². The molecule has 1 rings (SSSR count). The first-order valence-corrected chi connectivity index (χ1v) is 4.83. The van der Waals surface area contributed by atoms with Crippen LogP contribution in [0.3, 0.4) is 0 Å². The first kappa shape index (κ1) is 11.0. The fraction of sp³-hybridized carbons (Fsp3) is 0.800. The van der Waals surface area contributed by atoms with Crippen LogP contribution in [-0.4, -0.2) is 37.6 Å². The molecule has 0 saturated carbocycles. The number of aliphatic imine (C=N–C) groups is 2. The molecule has 0 unspecified atom stereocenters. The van der Waals surface area contributed by atoms with Crippen LogP contribution in [0.15, 0.2) is 9.98 Å². The number of hydrogen-bond donors (Lipinski definition) is 0. The molecule has 0 radical (unpaired) electrons. The second kappa shape index (κ2) is 3.98. The van der Waals surface area contributed by atoms with E-state index in [1.54, 1.807) is 14.2 Å². The third kappa shape index (κ3) is 1.74. The summed E-state index contributed by atoms with van der Waals surface area (Å²) in [5.41, 5.74) is -0.368. The molecule has 0 aliphatic carbocycles. The number of ether oxygens (including phenoxy) is 2. The maximum absolute atomic E-state index is 5.25. The molecule has 0 bridgehead atoms. The van der Waals surface area contributed by atoms with Gasteiger partial charge in [0.1, 0.15) is 11.6 Å². The van der Waals surface area contributed by atoms with Gasteiger partial charge in [0.05, 0.1) is 14.2 Å². The normalized spacial score (nSPS) is 31.9. The fourth-order valence-electron chi connectivity index (χ4n) is 1.47. The van der Waals surface area contributed by atoms with Crippen molar-refractivity contribution in [3.8, 4) is 0 Å². The monoisotopic (exact) mass is 198 g/mol. The van der Waals surface area contributed by atoms with Crippen molar-refractivity contribution >= 4 is 11.8 Å². The van der Waals surface area contributed by atoms with E-state index in [1.807, 2.05) is 13.8 Å². The lowest BCUT2D eigenvalue weighted by atomic mass is 9.97. The molecule has 0 saturated heterocycles. The topological polar surface area (TPSA) is 43.2 Å². The molecule has 0 fully saturated rings. The van der Waals surface area contributed by atoms with E-state index in [4.69, 9.17) is 9.47 Å². The van der Waals surface area contributed by atoms with E-state index in [9.17, 15) is 0 Å². The Morgan fingerprint density at radius 3 is 2.43 bits per heavy atom. The van der Waals surface area contributed by atoms with Crippen molar-refractivity contribution < 1.29 is 9.47 Å². The average Bonchev–Trinajstić information content (AvgIpc) is 2.21. The van der Waals surface area contributed by atoms with E-state index < -0.39 is 0 Å². The predicted octanol–water partition coefficient (Wildman–Crippen LogP) is 1.65.